The van der Waals surface area contributed by atoms with Gasteiger partial charge in [0.2, 0.25) is 5.91 Å². The van der Waals surface area contributed by atoms with Crippen molar-refractivity contribution in [3.05, 3.63) is 41.2 Å². The van der Waals surface area contributed by atoms with Gasteiger partial charge in [-0.1, -0.05) is 18.7 Å². The first-order valence-electron chi connectivity index (χ1n) is 7.27. The van der Waals surface area contributed by atoms with Gasteiger partial charge in [-0.25, -0.2) is 0 Å². The van der Waals surface area contributed by atoms with E-state index >= 15 is 0 Å². The molecule has 0 aliphatic heterocycles. The minimum absolute atomic E-state index is 0.0588. The Morgan fingerprint density at radius 1 is 1.25 bits per heavy atom. The van der Waals surface area contributed by atoms with Gasteiger partial charge < -0.3 is 14.5 Å². The number of nitrogens with zero attached hydrogens (tertiary/aromatic N) is 2. The molecule has 0 spiro atoms. The van der Waals surface area contributed by atoms with Gasteiger partial charge in [0.25, 0.3) is 10.1 Å². The molecule has 24 heavy (non-hydrogen) atoms. The molecule has 2 aromatic rings. The summed E-state index contributed by atoms with van der Waals surface area (Å²) in [7, 11) is -4.08. The van der Waals surface area contributed by atoms with Crippen LogP contribution in [0.5, 0.6) is 0 Å². The van der Waals surface area contributed by atoms with E-state index in [2.05, 4.69) is 11.9 Å². The maximum absolute atomic E-state index is 11.6. The quantitative estimate of drug-likeness (QED) is 0.441. The summed E-state index contributed by atoms with van der Waals surface area (Å²) in [5.74, 6) is -0.640. The van der Waals surface area contributed by atoms with Crippen LogP contribution in [-0.2, 0) is 28.0 Å². The topological polar surface area (TPSA) is 93.3 Å². The highest BCUT2D eigenvalue weighted by atomic mass is 32.2. The summed E-state index contributed by atoms with van der Waals surface area (Å²) in [5, 5.41) is 2.74. The van der Waals surface area contributed by atoms with Crippen molar-refractivity contribution in [1.29, 1.82) is 0 Å². The number of aryl methyl sites for hydroxylation is 1. The van der Waals surface area contributed by atoms with Crippen molar-refractivity contribution in [2.24, 2.45) is 0 Å². The highest BCUT2D eigenvalue weighted by molar-refractivity contribution is 7.85. The highest BCUT2D eigenvalue weighted by Crippen LogP contribution is 2.18. The number of amides is 1. The highest BCUT2D eigenvalue weighted by Gasteiger charge is 2.13. The van der Waals surface area contributed by atoms with E-state index in [-0.39, 0.29) is 12.5 Å². The van der Waals surface area contributed by atoms with Crippen LogP contribution in [0.25, 0.3) is 11.0 Å². The standard InChI is InChI=1S/C15H19N3O4S2/c1-11(2)14(19)16-7-8-17-12-5-3-4-6-13(12)18(15(17)23)9-10-24(20,21)22/h3-6H,1,7-10H2,2H3,(H,16,19)(H,20,21,22). The predicted molar refractivity (Wildman–Crippen MR) is 95.0 cm³/mol. The van der Waals surface area contributed by atoms with Crippen LogP contribution in [0, 0.1) is 4.77 Å². The Morgan fingerprint density at radius 2 is 1.79 bits per heavy atom. The molecule has 0 fully saturated rings. The third kappa shape index (κ3) is 4.31. The second-order valence-electron chi connectivity index (χ2n) is 5.40. The second-order valence-corrected chi connectivity index (χ2v) is 7.33. The average molecular weight is 369 g/mol. The Morgan fingerprint density at radius 3 is 2.29 bits per heavy atom. The predicted octanol–water partition coefficient (Wildman–Crippen LogP) is 1.75. The lowest BCUT2D eigenvalue weighted by atomic mass is 10.3. The van der Waals surface area contributed by atoms with E-state index in [0.29, 0.717) is 23.4 Å². The van der Waals surface area contributed by atoms with Crippen LogP contribution in [0.3, 0.4) is 0 Å². The maximum atomic E-state index is 11.6. The summed E-state index contributed by atoms with van der Waals surface area (Å²) in [6, 6.07) is 7.38. The van der Waals surface area contributed by atoms with Crippen molar-refractivity contribution in [2.75, 3.05) is 12.3 Å². The van der Waals surface area contributed by atoms with Crippen LogP contribution in [0.2, 0.25) is 0 Å². The summed E-state index contributed by atoms with van der Waals surface area (Å²) >= 11 is 5.43. The van der Waals surface area contributed by atoms with Crippen LogP contribution < -0.4 is 5.32 Å². The number of nitrogens with one attached hydrogen (secondary N) is 1. The monoisotopic (exact) mass is 369 g/mol. The summed E-state index contributed by atoms with van der Waals surface area (Å²) in [6.07, 6.45) is 0. The molecule has 0 atom stereocenters. The lowest BCUT2D eigenvalue weighted by Gasteiger charge is -2.07. The number of imidazole rings is 1. The molecular formula is C15H19N3O4S2. The Bertz CT molecular complexity index is 941. The molecule has 0 unspecified atom stereocenters. The third-order valence-electron chi connectivity index (χ3n) is 3.51. The van der Waals surface area contributed by atoms with Crippen LogP contribution in [0.15, 0.2) is 36.4 Å². The molecule has 0 bridgehead atoms. The molecule has 1 aromatic carbocycles. The van der Waals surface area contributed by atoms with E-state index in [4.69, 9.17) is 16.8 Å². The molecular weight excluding hydrogens is 350 g/mol. The van der Waals surface area contributed by atoms with Crippen molar-refractivity contribution < 1.29 is 17.8 Å². The van der Waals surface area contributed by atoms with Gasteiger partial charge in [0.15, 0.2) is 4.77 Å². The molecule has 2 rings (SSSR count). The number of carbonyl (C=O) groups excluding carboxylic acids is 1. The minimum Gasteiger partial charge on any atom is -0.351 e. The van der Waals surface area contributed by atoms with Gasteiger partial charge in [-0.15, -0.1) is 0 Å². The number of hydrogen-bond donors (Lipinski definition) is 2. The fourth-order valence-electron chi connectivity index (χ4n) is 2.34. The number of para-hydroxylation sites is 2. The van der Waals surface area contributed by atoms with Crippen molar-refractivity contribution in [2.45, 2.75) is 20.0 Å². The van der Waals surface area contributed by atoms with Gasteiger partial charge in [0, 0.05) is 25.2 Å². The molecule has 1 heterocycles. The van der Waals surface area contributed by atoms with Crippen LogP contribution in [0.1, 0.15) is 6.92 Å². The largest absolute Gasteiger partial charge is 0.351 e. The van der Waals surface area contributed by atoms with Crippen LogP contribution in [-0.4, -0.2) is 40.3 Å². The molecule has 0 aliphatic rings. The number of benzene rings is 1. The zero-order valence-electron chi connectivity index (χ0n) is 13.2. The molecule has 2 N–H and O–H groups in total. The molecule has 0 saturated heterocycles. The molecule has 0 radical (unpaired) electrons. The molecule has 9 heteroatoms. The van der Waals surface area contributed by atoms with Crippen molar-refractivity contribution in [3.63, 3.8) is 0 Å². The van der Waals surface area contributed by atoms with Crippen molar-refractivity contribution in [1.82, 2.24) is 14.5 Å². The average Bonchev–Trinajstić information content (AvgIpc) is 2.76. The SMILES string of the molecule is C=C(C)C(=O)NCCn1c(=S)n(CCS(=O)(=O)O)c2ccccc21. The number of carbonyl (C=O) groups is 1. The number of fused-ring (bicyclic) bond motifs is 1. The molecule has 0 saturated carbocycles. The normalized spacial score (nSPS) is 11.6. The van der Waals surface area contributed by atoms with E-state index in [1.807, 2.05) is 28.8 Å². The summed E-state index contributed by atoms with van der Waals surface area (Å²) in [5.41, 5.74) is 2.04. The smallest absolute Gasteiger partial charge is 0.266 e. The van der Waals surface area contributed by atoms with E-state index in [0.717, 1.165) is 11.0 Å². The number of aromatic nitrogens is 2. The minimum atomic E-state index is -4.08. The van der Waals surface area contributed by atoms with Crippen molar-refractivity contribution in [3.8, 4) is 0 Å². The Hall–Kier alpha value is -1.97. The zero-order valence-corrected chi connectivity index (χ0v) is 14.9. The van der Waals surface area contributed by atoms with Crippen LogP contribution >= 0.6 is 12.2 Å². The third-order valence-corrected chi connectivity index (χ3v) is 4.65. The maximum Gasteiger partial charge on any atom is 0.266 e. The second kappa shape index (κ2) is 7.29. The lowest BCUT2D eigenvalue weighted by Crippen LogP contribution is -2.27. The molecule has 7 nitrogen and oxygen atoms in total. The fraction of sp³-hybridized carbons (Fsp3) is 0.333. The number of rotatable bonds is 7. The van der Waals surface area contributed by atoms with E-state index in [9.17, 15) is 13.2 Å². The van der Waals surface area contributed by atoms with E-state index < -0.39 is 15.9 Å². The first kappa shape index (κ1) is 18.4. The molecule has 0 aliphatic carbocycles. The summed E-state index contributed by atoms with van der Waals surface area (Å²) < 4.78 is 34.9. The summed E-state index contributed by atoms with van der Waals surface area (Å²) in [6.45, 7) is 6.07. The van der Waals surface area contributed by atoms with E-state index in [1.54, 1.807) is 11.5 Å². The Balaban J connectivity index is 2.30. The zero-order chi connectivity index (χ0) is 17.9. The molecule has 130 valence electrons. The van der Waals surface area contributed by atoms with Crippen LogP contribution in [0.4, 0.5) is 0 Å². The fourth-order valence-corrected chi connectivity index (χ4v) is 3.14. The van der Waals surface area contributed by atoms with Gasteiger partial charge in [0.1, 0.15) is 0 Å². The van der Waals surface area contributed by atoms with Gasteiger partial charge in [0.05, 0.1) is 16.8 Å². The Labute approximate surface area is 145 Å². The first-order valence-corrected chi connectivity index (χ1v) is 9.29. The van der Waals surface area contributed by atoms with Crippen molar-refractivity contribution >= 4 is 39.3 Å². The Kier molecular flexibility index (Phi) is 5.58. The first-order chi connectivity index (χ1) is 11.2. The van der Waals surface area contributed by atoms with Gasteiger partial charge in [-0.05, 0) is 31.3 Å². The van der Waals surface area contributed by atoms with E-state index in [1.165, 1.54) is 0 Å². The number of hydrogen-bond acceptors (Lipinski definition) is 4. The summed E-state index contributed by atoms with van der Waals surface area (Å²) in [4.78, 5) is 11.6. The van der Waals surface area contributed by atoms with Gasteiger partial charge >= 0.3 is 0 Å². The molecule has 1 amide bonds. The van der Waals surface area contributed by atoms with Gasteiger partial charge in [-0.3, -0.25) is 9.35 Å². The lowest BCUT2D eigenvalue weighted by molar-refractivity contribution is -0.117. The molecule has 1 aromatic heterocycles. The van der Waals surface area contributed by atoms with Gasteiger partial charge in [-0.2, -0.15) is 8.42 Å².